The molecule has 5 heteroatoms. The van der Waals surface area contributed by atoms with Gasteiger partial charge in [-0.15, -0.1) is 12.4 Å². The van der Waals surface area contributed by atoms with Crippen molar-refractivity contribution in [2.45, 2.75) is 20.4 Å². The van der Waals surface area contributed by atoms with E-state index in [4.69, 9.17) is 5.73 Å². The van der Waals surface area contributed by atoms with Gasteiger partial charge in [0.05, 0.1) is 5.52 Å². The Hall–Kier alpha value is -1.23. The van der Waals surface area contributed by atoms with Crippen LogP contribution >= 0.6 is 12.4 Å². The molecule has 1 aromatic heterocycles. The molecule has 21 heavy (non-hydrogen) atoms. The highest BCUT2D eigenvalue weighted by Gasteiger charge is 2.18. The van der Waals surface area contributed by atoms with Crippen molar-refractivity contribution in [3.05, 3.63) is 41.8 Å². The predicted molar refractivity (Wildman–Crippen MR) is 88.1 cm³/mol. The summed E-state index contributed by atoms with van der Waals surface area (Å²) in [6.07, 6.45) is 1.70. The van der Waals surface area contributed by atoms with Gasteiger partial charge in [-0.1, -0.05) is 19.9 Å². The first kappa shape index (κ1) is 17.8. The standard InChI is InChI=1S/C16H22FN3.ClH/c1-16(2,10-18)11-20(3)9-12-6-7-14(17)13-5-4-8-19-15(12)13;/h4-8H,9-11,18H2,1-3H3;1H. The first-order valence-electron chi connectivity index (χ1n) is 6.84. The second-order valence-electron chi connectivity index (χ2n) is 6.15. The SMILES string of the molecule is CN(Cc1ccc(F)c2cccnc12)CC(C)(C)CN.Cl. The van der Waals surface area contributed by atoms with Crippen molar-refractivity contribution < 1.29 is 4.39 Å². The molecule has 0 fully saturated rings. The maximum absolute atomic E-state index is 13.8. The van der Waals surface area contributed by atoms with Crippen LogP contribution in [0.3, 0.4) is 0 Å². The van der Waals surface area contributed by atoms with Gasteiger partial charge in [0.15, 0.2) is 0 Å². The van der Waals surface area contributed by atoms with E-state index in [1.54, 1.807) is 18.3 Å². The number of aromatic nitrogens is 1. The van der Waals surface area contributed by atoms with E-state index in [2.05, 4.69) is 30.8 Å². The third-order valence-corrected chi connectivity index (χ3v) is 3.49. The Morgan fingerprint density at radius 2 is 2.00 bits per heavy atom. The van der Waals surface area contributed by atoms with Crippen molar-refractivity contribution in [3.63, 3.8) is 0 Å². The minimum Gasteiger partial charge on any atom is -0.330 e. The second-order valence-corrected chi connectivity index (χ2v) is 6.15. The van der Waals surface area contributed by atoms with Crippen molar-refractivity contribution in [1.29, 1.82) is 0 Å². The molecule has 0 radical (unpaired) electrons. The molecule has 0 aliphatic heterocycles. The highest BCUT2D eigenvalue weighted by molar-refractivity contribution is 5.85. The molecular formula is C16H23ClFN3. The van der Waals surface area contributed by atoms with E-state index in [0.29, 0.717) is 11.9 Å². The molecule has 0 aliphatic carbocycles. The largest absolute Gasteiger partial charge is 0.330 e. The zero-order chi connectivity index (χ0) is 14.8. The van der Waals surface area contributed by atoms with Crippen molar-refractivity contribution >= 4 is 23.3 Å². The maximum Gasteiger partial charge on any atom is 0.132 e. The zero-order valence-corrected chi connectivity index (χ0v) is 13.6. The number of pyridine rings is 1. The minimum atomic E-state index is -0.221. The summed E-state index contributed by atoms with van der Waals surface area (Å²) in [5.74, 6) is -0.221. The zero-order valence-electron chi connectivity index (χ0n) is 12.8. The van der Waals surface area contributed by atoms with Gasteiger partial charge in [-0.05, 0) is 42.8 Å². The molecular weight excluding hydrogens is 289 g/mol. The average molecular weight is 312 g/mol. The molecule has 2 rings (SSSR count). The van der Waals surface area contributed by atoms with Crippen molar-refractivity contribution in [3.8, 4) is 0 Å². The molecule has 0 saturated carbocycles. The fourth-order valence-electron chi connectivity index (χ4n) is 2.47. The monoisotopic (exact) mass is 311 g/mol. The molecule has 2 aromatic rings. The lowest BCUT2D eigenvalue weighted by Gasteiger charge is -2.29. The van der Waals surface area contributed by atoms with Crippen LogP contribution in [0.25, 0.3) is 10.9 Å². The Kier molecular flexibility index (Phi) is 6.08. The normalized spacial score (nSPS) is 11.7. The lowest BCUT2D eigenvalue weighted by Crippen LogP contribution is -2.36. The summed E-state index contributed by atoms with van der Waals surface area (Å²) in [6, 6.07) is 6.86. The molecule has 0 aliphatic rings. The molecule has 0 bridgehead atoms. The third-order valence-electron chi connectivity index (χ3n) is 3.49. The Bertz CT molecular complexity index is 601. The van der Waals surface area contributed by atoms with E-state index >= 15 is 0 Å². The van der Waals surface area contributed by atoms with E-state index in [0.717, 1.165) is 24.2 Å². The van der Waals surface area contributed by atoms with Crippen molar-refractivity contribution in [2.75, 3.05) is 20.1 Å². The Morgan fingerprint density at radius 3 is 2.67 bits per heavy atom. The quantitative estimate of drug-likeness (QED) is 0.922. The van der Waals surface area contributed by atoms with Crippen LogP contribution < -0.4 is 5.73 Å². The van der Waals surface area contributed by atoms with Gasteiger partial charge >= 0.3 is 0 Å². The summed E-state index contributed by atoms with van der Waals surface area (Å²) in [7, 11) is 2.05. The second kappa shape index (κ2) is 7.16. The summed E-state index contributed by atoms with van der Waals surface area (Å²) >= 11 is 0. The van der Waals surface area contributed by atoms with Crippen LogP contribution in [0.5, 0.6) is 0 Å². The van der Waals surface area contributed by atoms with Crippen LogP contribution in [0.2, 0.25) is 0 Å². The molecule has 3 nitrogen and oxygen atoms in total. The highest BCUT2D eigenvalue weighted by atomic mass is 35.5. The lowest BCUT2D eigenvalue weighted by atomic mass is 9.93. The molecule has 1 aromatic carbocycles. The van der Waals surface area contributed by atoms with E-state index in [-0.39, 0.29) is 23.6 Å². The van der Waals surface area contributed by atoms with Gasteiger partial charge in [0.1, 0.15) is 5.82 Å². The number of halogens is 2. The Morgan fingerprint density at radius 1 is 1.29 bits per heavy atom. The summed E-state index contributed by atoms with van der Waals surface area (Å²) in [4.78, 5) is 6.52. The van der Waals surface area contributed by atoms with Gasteiger partial charge in [0, 0.05) is 24.7 Å². The first-order chi connectivity index (χ1) is 9.43. The smallest absolute Gasteiger partial charge is 0.132 e. The first-order valence-corrected chi connectivity index (χ1v) is 6.84. The maximum atomic E-state index is 13.8. The van der Waals surface area contributed by atoms with Crippen LogP contribution in [-0.4, -0.2) is 30.0 Å². The average Bonchev–Trinajstić information content (AvgIpc) is 2.42. The van der Waals surface area contributed by atoms with Gasteiger partial charge < -0.3 is 10.6 Å². The van der Waals surface area contributed by atoms with Gasteiger partial charge in [-0.25, -0.2) is 4.39 Å². The number of hydrogen-bond donors (Lipinski definition) is 1. The number of fused-ring (bicyclic) bond motifs is 1. The van der Waals surface area contributed by atoms with Gasteiger partial charge in [0.2, 0.25) is 0 Å². The molecule has 0 amide bonds. The van der Waals surface area contributed by atoms with Crippen LogP contribution in [0.15, 0.2) is 30.5 Å². The fraction of sp³-hybridized carbons (Fsp3) is 0.438. The molecule has 2 N–H and O–H groups in total. The van der Waals surface area contributed by atoms with Crippen LogP contribution in [0.4, 0.5) is 4.39 Å². The molecule has 0 saturated heterocycles. The third kappa shape index (κ3) is 4.37. The van der Waals surface area contributed by atoms with Crippen molar-refractivity contribution in [2.24, 2.45) is 11.1 Å². The lowest BCUT2D eigenvalue weighted by molar-refractivity contribution is 0.210. The summed E-state index contributed by atoms with van der Waals surface area (Å²) in [5.41, 5.74) is 7.62. The summed E-state index contributed by atoms with van der Waals surface area (Å²) in [6.45, 7) is 6.54. The van der Waals surface area contributed by atoms with E-state index in [9.17, 15) is 4.39 Å². The Labute approximate surface area is 131 Å². The van der Waals surface area contributed by atoms with Gasteiger partial charge in [0.25, 0.3) is 0 Å². The van der Waals surface area contributed by atoms with Crippen LogP contribution in [0.1, 0.15) is 19.4 Å². The summed E-state index contributed by atoms with van der Waals surface area (Å²) < 4.78 is 13.8. The fourth-order valence-corrected chi connectivity index (χ4v) is 2.47. The molecule has 0 unspecified atom stereocenters. The highest BCUT2D eigenvalue weighted by Crippen LogP contribution is 2.22. The van der Waals surface area contributed by atoms with Crippen LogP contribution in [-0.2, 0) is 6.54 Å². The number of nitrogens with zero attached hydrogens (tertiary/aromatic N) is 2. The van der Waals surface area contributed by atoms with Gasteiger partial charge in [-0.2, -0.15) is 0 Å². The minimum absolute atomic E-state index is 0. The number of benzene rings is 1. The van der Waals surface area contributed by atoms with E-state index in [1.165, 1.54) is 6.07 Å². The molecule has 116 valence electrons. The molecule has 1 heterocycles. The molecule has 0 spiro atoms. The van der Waals surface area contributed by atoms with Crippen molar-refractivity contribution in [1.82, 2.24) is 9.88 Å². The van der Waals surface area contributed by atoms with E-state index in [1.807, 2.05) is 6.07 Å². The number of nitrogens with two attached hydrogens (primary N) is 1. The van der Waals surface area contributed by atoms with E-state index < -0.39 is 0 Å². The summed E-state index contributed by atoms with van der Waals surface area (Å²) in [5, 5.41) is 0.580. The topological polar surface area (TPSA) is 42.2 Å². The number of rotatable bonds is 5. The Balaban J connectivity index is 0.00000220. The van der Waals surface area contributed by atoms with Gasteiger partial charge in [-0.3, -0.25) is 4.98 Å². The van der Waals surface area contributed by atoms with Crippen LogP contribution in [0, 0.1) is 11.2 Å². The number of hydrogen-bond acceptors (Lipinski definition) is 3. The predicted octanol–water partition coefficient (Wildman–Crippen LogP) is 3.21. The molecule has 0 atom stereocenters.